The van der Waals surface area contributed by atoms with Crippen LogP contribution in [0.3, 0.4) is 0 Å². The maximum atomic E-state index is 11.1. The zero-order valence-corrected chi connectivity index (χ0v) is 11.8. The van der Waals surface area contributed by atoms with Crippen LogP contribution in [0.15, 0.2) is 0 Å². The number of nitrogens with two attached hydrogens (primary N) is 1. The van der Waals surface area contributed by atoms with Crippen molar-refractivity contribution in [2.24, 2.45) is 5.73 Å². The molecule has 0 aromatic heterocycles. The van der Waals surface area contributed by atoms with Gasteiger partial charge in [0.15, 0.2) is 24.3 Å². The number of fused-ring (bicyclic) bond motifs is 1. The third kappa shape index (κ3) is 2.69. The van der Waals surface area contributed by atoms with Crippen LogP contribution in [0.5, 0.6) is 0 Å². The molecular weight excluding hydrogens is 254 g/mol. The van der Waals surface area contributed by atoms with Gasteiger partial charge in [-0.2, -0.15) is 0 Å². The molecular formula is C12H21NO6. The average molecular weight is 275 g/mol. The Labute approximate surface area is 112 Å². The Bertz CT molecular complexity index is 369. The number of amides is 1. The van der Waals surface area contributed by atoms with E-state index in [4.69, 9.17) is 29.4 Å². The summed E-state index contributed by atoms with van der Waals surface area (Å²) in [5.41, 5.74) is 4.43. The normalized spacial score (nSPS) is 39.6. The van der Waals surface area contributed by atoms with E-state index in [1.807, 2.05) is 13.8 Å². The Morgan fingerprint density at radius 1 is 1.16 bits per heavy atom. The van der Waals surface area contributed by atoms with Crippen molar-refractivity contribution in [1.82, 2.24) is 0 Å². The molecule has 2 heterocycles. The van der Waals surface area contributed by atoms with Crippen LogP contribution in [0.1, 0.15) is 27.7 Å². The second-order valence-corrected chi connectivity index (χ2v) is 5.75. The summed E-state index contributed by atoms with van der Waals surface area (Å²) in [5.74, 6) is -0.812. The molecule has 0 bridgehead atoms. The lowest BCUT2D eigenvalue weighted by Gasteiger charge is -2.45. The molecule has 4 atom stereocenters. The van der Waals surface area contributed by atoms with E-state index in [1.165, 1.54) is 7.11 Å². The maximum absolute atomic E-state index is 11.1. The van der Waals surface area contributed by atoms with E-state index in [-0.39, 0.29) is 0 Å². The first-order valence-corrected chi connectivity index (χ1v) is 6.18. The van der Waals surface area contributed by atoms with Crippen molar-refractivity contribution in [3.8, 4) is 0 Å². The van der Waals surface area contributed by atoms with E-state index in [2.05, 4.69) is 0 Å². The highest BCUT2D eigenvalue weighted by molar-refractivity contribution is 5.65. The molecule has 0 aliphatic carbocycles. The molecule has 2 N–H and O–H groups in total. The highest BCUT2D eigenvalue weighted by atomic mass is 16.8. The van der Waals surface area contributed by atoms with Crippen molar-refractivity contribution >= 4 is 6.09 Å². The number of rotatable bonds is 2. The summed E-state index contributed by atoms with van der Waals surface area (Å²) in [4.78, 5) is 11.1. The van der Waals surface area contributed by atoms with Crippen molar-refractivity contribution in [2.75, 3.05) is 7.11 Å². The standard InChI is InChI=1S/C12H21NO6/c1-11(2)8(15-5)6(16-10(13)14)7-9(18-11)19-12(3,4)17-7/h6-9H,1-5H3,(H2,13,14). The van der Waals surface area contributed by atoms with Crippen LogP contribution in [0.25, 0.3) is 0 Å². The van der Waals surface area contributed by atoms with Crippen LogP contribution in [-0.4, -0.2) is 49.2 Å². The van der Waals surface area contributed by atoms with Gasteiger partial charge in [0, 0.05) is 7.11 Å². The minimum Gasteiger partial charge on any atom is -0.440 e. The fourth-order valence-electron chi connectivity index (χ4n) is 2.69. The first-order valence-electron chi connectivity index (χ1n) is 6.18. The van der Waals surface area contributed by atoms with Gasteiger partial charge in [-0.25, -0.2) is 4.79 Å². The van der Waals surface area contributed by atoms with Crippen LogP contribution in [-0.2, 0) is 23.7 Å². The Morgan fingerprint density at radius 3 is 2.32 bits per heavy atom. The van der Waals surface area contributed by atoms with Gasteiger partial charge in [-0.3, -0.25) is 0 Å². The zero-order chi connectivity index (χ0) is 14.4. The lowest BCUT2D eigenvalue weighted by Crippen LogP contribution is -2.63. The minimum atomic E-state index is -0.878. The molecule has 2 saturated heterocycles. The van der Waals surface area contributed by atoms with E-state index in [9.17, 15) is 4.79 Å². The first kappa shape index (κ1) is 14.5. The van der Waals surface area contributed by atoms with Gasteiger partial charge >= 0.3 is 6.09 Å². The van der Waals surface area contributed by atoms with Gasteiger partial charge < -0.3 is 29.4 Å². The Balaban J connectivity index is 2.29. The Kier molecular flexibility index (Phi) is 3.51. The molecule has 0 saturated carbocycles. The summed E-state index contributed by atoms with van der Waals surface area (Å²) in [6.45, 7) is 7.21. The SMILES string of the molecule is COC1C(OC(N)=O)C2OC(C)(C)OC2OC1(C)C. The summed E-state index contributed by atoms with van der Waals surface area (Å²) >= 11 is 0. The molecule has 19 heavy (non-hydrogen) atoms. The smallest absolute Gasteiger partial charge is 0.404 e. The molecule has 2 fully saturated rings. The van der Waals surface area contributed by atoms with Gasteiger partial charge in [0.05, 0.1) is 5.60 Å². The Morgan fingerprint density at radius 2 is 1.79 bits per heavy atom. The number of ether oxygens (including phenoxy) is 5. The minimum absolute atomic E-state index is 0.501. The second-order valence-electron chi connectivity index (χ2n) is 5.75. The number of primary amides is 1. The molecule has 0 spiro atoms. The third-order valence-electron chi connectivity index (χ3n) is 3.32. The zero-order valence-electron chi connectivity index (χ0n) is 11.8. The van der Waals surface area contributed by atoms with Gasteiger partial charge in [-0.1, -0.05) is 0 Å². The van der Waals surface area contributed by atoms with Gasteiger partial charge in [0.25, 0.3) is 0 Å². The summed E-state index contributed by atoms with van der Waals surface area (Å²) in [6.07, 6.45) is -3.25. The van der Waals surface area contributed by atoms with Crippen LogP contribution in [0, 0.1) is 0 Å². The predicted octanol–water partition coefficient (Wildman–Crippen LogP) is 0.752. The van der Waals surface area contributed by atoms with E-state index >= 15 is 0 Å². The third-order valence-corrected chi connectivity index (χ3v) is 3.32. The van der Waals surface area contributed by atoms with Crippen molar-refractivity contribution in [3.05, 3.63) is 0 Å². The second kappa shape index (κ2) is 4.59. The van der Waals surface area contributed by atoms with Crippen molar-refractivity contribution in [2.45, 2.75) is 63.7 Å². The van der Waals surface area contributed by atoms with E-state index in [0.717, 1.165) is 0 Å². The van der Waals surface area contributed by atoms with Crippen LogP contribution in [0.2, 0.25) is 0 Å². The molecule has 4 unspecified atom stereocenters. The molecule has 2 aliphatic heterocycles. The quantitative estimate of drug-likeness (QED) is 0.800. The number of carbonyl (C=O) groups is 1. The lowest BCUT2D eigenvalue weighted by molar-refractivity contribution is -0.286. The summed E-state index contributed by atoms with van der Waals surface area (Å²) < 4.78 is 27.8. The van der Waals surface area contributed by atoms with Gasteiger partial charge in [0.2, 0.25) is 0 Å². The summed E-state index contributed by atoms with van der Waals surface area (Å²) in [5, 5.41) is 0. The predicted molar refractivity (Wildman–Crippen MR) is 64.2 cm³/mol. The average Bonchev–Trinajstić information content (AvgIpc) is 2.50. The number of hydrogen-bond acceptors (Lipinski definition) is 6. The molecule has 1 amide bonds. The monoisotopic (exact) mass is 275 g/mol. The number of carbonyl (C=O) groups excluding carboxylic acids is 1. The molecule has 7 heteroatoms. The van der Waals surface area contributed by atoms with Crippen molar-refractivity contribution in [1.29, 1.82) is 0 Å². The van der Waals surface area contributed by atoms with Crippen molar-refractivity contribution in [3.63, 3.8) is 0 Å². The maximum Gasteiger partial charge on any atom is 0.404 e. The molecule has 0 aromatic rings. The molecule has 2 rings (SSSR count). The van der Waals surface area contributed by atoms with Gasteiger partial charge in [-0.15, -0.1) is 0 Å². The van der Waals surface area contributed by atoms with Gasteiger partial charge in [0.1, 0.15) is 6.10 Å². The highest BCUT2D eigenvalue weighted by Gasteiger charge is 2.59. The highest BCUT2D eigenvalue weighted by Crippen LogP contribution is 2.41. The summed E-state index contributed by atoms with van der Waals surface area (Å²) in [7, 11) is 1.52. The van der Waals surface area contributed by atoms with E-state index in [1.54, 1.807) is 13.8 Å². The van der Waals surface area contributed by atoms with E-state index in [0.29, 0.717) is 0 Å². The molecule has 0 aromatic carbocycles. The van der Waals surface area contributed by atoms with Crippen LogP contribution < -0.4 is 5.73 Å². The molecule has 2 aliphatic rings. The van der Waals surface area contributed by atoms with Crippen LogP contribution >= 0.6 is 0 Å². The lowest BCUT2D eigenvalue weighted by atomic mass is 9.89. The number of methoxy groups -OCH3 is 1. The number of hydrogen-bond donors (Lipinski definition) is 1. The fraction of sp³-hybridized carbons (Fsp3) is 0.917. The molecule has 110 valence electrons. The van der Waals surface area contributed by atoms with Gasteiger partial charge in [-0.05, 0) is 27.7 Å². The fourth-order valence-corrected chi connectivity index (χ4v) is 2.69. The van der Waals surface area contributed by atoms with E-state index < -0.39 is 42.1 Å². The Hall–Kier alpha value is -0.890. The first-order chi connectivity index (χ1) is 8.66. The largest absolute Gasteiger partial charge is 0.440 e. The topological polar surface area (TPSA) is 89.2 Å². The van der Waals surface area contributed by atoms with Crippen LogP contribution in [0.4, 0.5) is 4.79 Å². The molecule has 0 radical (unpaired) electrons. The molecule has 7 nitrogen and oxygen atoms in total. The van der Waals surface area contributed by atoms with Crippen molar-refractivity contribution < 1.29 is 28.5 Å². The summed E-state index contributed by atoms with van der Waals surface area (Å²) in [6, 6.07) is 0.